The number of carbonyl (C=O) groups is 1. The molecule has 0 aliphatic heterocycles. The third-order valence-corrected chi connectivity index (χ3v) is 3.62. The molecule has 6 nitrogen and oxygen atoms in total. The summed E-state index contributed by atoms with van der Waals surface area (Å²) in [7, 11) is -1.53. The second-order valence-corrected chi connectivity index (χ2v) is 6.21. The first-order valence-corrected chi connectivity index (χ1v) is 7.36. The maximum Gasteiger partial charge on any atom is 0.224 e. The number of rotatable bonds is 8. The molecule has 0 fully saturated rings. The SMILES string of the molecule is CNCC(C)C(=O)NCCS(=O)(=O)NC(C)C.Cl. The van der Waals surface area contributed by atoms with Crippen molar-refractivity contribution in [3.8, 4) is 0 Å². The van der Waals surface area contributed by atoms with E-state index in [0.29, 0.717) is 6.54 Å². The largest absolute Gasteiger partial charge is 0.355 e. The molecule has 110 valence electrons. The van der Waals surface area contributed by atoms with Crippen molar-refractivity contribution in [2.24, 2.45) is 5.92 Å². The third-order valence-electron chi connectivity index (χ3n) is 2.04. The fourth-order valence-corrected chi connectivity index (χ4v) is 2.51. The molecule has 0 saturated heterocycles. The molecule has 0 spiro atoms. The van der Waals surface area contributed by atoms with Crippen LogP contribution in [0.5, 0.6) is 0 Å². The number of carbonyl (C=O) groups excluding carboxylic acids is 1. The van der Waals surface area contributed by atoms with Crippen LogP contribution in [0.2, 0.25) is 0 Å². The first kappa shape index (κ1) is 20.0. The lowest BCUT2D eigenvalue weighted by Crippen LogP contribution is -2.40. The topological polar surface area (TPSA) is 87.3 Å². The Labute approximate surface area is 116 Å². The summed E-state index contributed by atoms with van der Waals surface area (Å²) in [4.78, 5) is 11.5. The Morgan fingerprint density at radius 1 is 1.22 bits per heavy atom. The van der Waals surface area contributed by atoms with E-state index in [1.54, 1.807) is 27.8 Å². The first-order chi connectivity index (χ1) is 7.78. The molecule has 0 rings (SSSR count). The predicted molar refractivity (Wildman–Crippen MR) is 75.4 cm³/mol. The number of halogens is 1. The average Bonchev–Trinajstić information content (AvgIpc) is 2.15. The summed E-state index contributed by atoms with van der Waals surface area (Å²) >= 11 is 0. The van der Waals surface area contributed by atoms with E-state index in [1.165, 1.54) is 0 Å². The Morgan fingerprint density at radius 2 is 1.78 bits per heavy atom. The van der Waals surface area contributed by atoms with Gasteiger partial charge in [0.1, 0.15) is 0 Å². The van der Waals surface area contributed by atoms with Gasteiger partial charge in [0.2, 0.25) is 15.9 Å². The average molecular weight is 302 g/mol. The highest BCUT2D eigenvalue weighted by atomic mass is 35.5. The zero-order valence-electron chi connectivity index (χ0n) is 11.3. The monoisotopic (exact) mass is 301 g/mol. The van der Waals surface area contributed by atoms with Gasteiger partial charge in [0.25, 0.3) is 0 Å². The maximum atomic E-state index is 11.5. The van der Waals surface area contributed by atoms with Gasteiger partial charge in [0.15, 0.2) is 0 Å². The summed E-state index contributed by atoms with van der Waals surface area (Å²) in [6, 6.07) is -0.126. The second kappa shape index (κ2) is 9.55. The van der Waals surface area contributed by atoms with Crippen LogP contribution in [0.25, 0.3) is 0 Å². The van der Waals surface area contributed by atoms with E-state index in [9.17, 15) is 13.2 Å². The molecule has 18 heavy (non-hydrogen) atoms. The van der Waals surface area contributed by atoms with Gasteiger partial charge >= 0.3 is 0 Å². The Morgan fingerprint density at radius 3 is 2.22 bits per heavy atom. The van der Waals surface area contributed by atoms with Crippen molar-refractivity contribution in [1.29, 1.82) is 0 Å². The molecular formula is C10H24ClN3O3S. The van der Waals surface area contributed by atoms with Gasteiger partial charge in [-0.15, -0.1) is 12.4 Å². The molecule has 0 aromatic rings. The van der Waals surface area contributed by atoms with E-state index in [-0.39, 0.29) is 42.6 Å². The van der Waals surface area contributed by atoms with E-state index in [2.05, 4.69) is 15.4 Å². The standard InChI is InChI=1S/C10H23N3O3S.ClH/c1-8(2)13-17(15,16)6-5-12-10(14)9(3)7-11-4;/h8-9,11,13H,5-7H2,1-4H3,(H,12,14);1H. The highest BCUT2D eigenvalue weighted by Gasteiger charge is 2.14. The van der Waals surface area contributed by atoms with Crippen LogP contribution in [0.15, 0.2) is 0 Å². The number of hydrogen-bond donors (Lipinski definition) is 3. The highest BCUT2D eigenvalue weighted by molar-refractivity contribution is 7.89. The van der Waals surface area contributed by atoms with Crippen molar-refractivity contribution in [2.45, 2.75) is 26.8 Å². The van der Waals surface area contributed by atoms with Gasteiger partial charge in [0.05, 0.1) is 5.75 Å². The minimum atomic E-state index is -3.29. The van der Waals surface area contributed by atoms with Crippen LogP contribution in [0.3, 0.4) is 0 Å². The fourth-order valence-electron chi connectivity index (χ4n) is 1.30. The van der Waals surface area contributed by atoms with Crippen molar-refractivity contribution >= 4 is 28.3 Å². The molecule has 3 N–H and O–H groups in total. The van der Waals surface area contributed by atoms with Crippen molar-refractivity contribution in [2.75, 3.05) is 25.9 Å². The molecule has 0 bridgehead atoms. The molecule has 8 heteroatoms. The molecule has 0 radical (unpaired) electrons. The zero-order chi connectivity index (χ0) is 13.5. The second-order valence-electron chi connectivity index (χ2n) is 4.34. The van der Waals surface area contributed by atoms with Gasteiger partial charge in [-0.25, -0.2) is 13.1 Å². The van der Waals surface area contributed by atoms with Crippen LogP contribution in [-0.4, -0.2) is 46.3 Å². The van der Waals surface area contributed by atoms with Crippen LogP contribution < -0.4 is 15.4 Å². The number of amides is 1. The fraction of sp³-hybridized carbons (Fsp3) is 0.900. The minimum Gasteiger partial charge on any atom is -0.355 e. The van der Waals surface area contributed by atoms with Crippen LogP contribution in [0.4, 0.5) is 0 Å². The lowest BCUT2D eigenvalue weighted by molar-refractivity contribution is -0.124. The van der Waals surface area contributed by atoms with Crippen LogP contribution in [-0.2, 0) is 14.8 Å². The van der Waals surface area contributed by atoms with E-state index < -0.39 is 10.0 Å². The van der Waals surface area contributed by atoms with Crippen LogP contribution in [0, 0.1) is 5.92 Å². The van der Waals surface area contributed by atoms with E-state index in [4.69, 9.17) is 0 Å². The normalized spacial score (nSPS) is 12.9. The molecule has 0 saturated carbocycles. The lowest BCUT2D eigenvalue weighted by atomic mass is 10.1. The molecule has 1 atom stereocenters. The van der Waals surface area contributed by atoms with Gasteiger partial charge in [-0.05, 0) is 20.9 Å². The van der Waals surface area contributed by atoms with E-state index in [0.717, 1.165) is 0 Å². The molecule has 0 aliphatic carbocycles. The van der Waals surface area contributed by atoms with Crippen LogP contribution in [0.1, 0.15) is 20.8 Å². The molecule has 0 aromatic heterocycles. The van der Waals surface area contributed by atoms with Crippen molar-refractivity contribution < 1.29 is 13.2 Å². The summed E-state index contributed by atoms with van der Waals surface area (Å²) in [5.41, 5.74) is 0. The zero-order valence-corrected chi connectivity index (χ0v) is 13.0. The van der Waals surface area contributed by atoms with Gasteiger partial charge in [-0.3, -0.25) is 4.79 Å². The minimum absolute atomic E-state index is 0. The number of hydrogen-bond acceptors (Lipinski definition) is 4. The lowest BCUT2D eigenvalue weighted by Gasteiger charge is -2.13. The van der Waals surface area contributed by atoms with Crippen molar-refractivity contribution in [3.63, 3.8) is 0 Å². The summed E-state index contributed by atoms with van der Waals surface area (Å²) < 4.78 is 25.3. The van der Waals surface area contributed by atoms with Crippen molar-refractivity contribution in [3.05, 3.63) is 0 Å². The van der Waals surface area contributed by atoms with Gasteiger partial charge in [-0.2, -0.15) is 0 Å². The quantitative estimate of drug-likeness (QED) is 0.575. The van der Waals surface area contributed by atoms with Gasteiger partial charge in [-0.1, -0.05) is 6.92 Å². The summed E-state index contributed by atoms with van der Waals surface area (Å²) in [6.45, 7) is 6.00. The summed E-state index contributed by atoms with van der Waals surface area (Å²) in [5.74, 6) is -0.400. The smallest absolute Gasteiger partial charge is 0.224 e. The molecule has 0 heterocycles. The molecular weight excluding hydrogens is 278 g/mol. The van der Waals surface area contributed by atoms with Gasteiger partial charge < -0.3 is 10.6 Å². The Kier molecular flexibility index (Phi) is 10.6. The number of nitrogens with one attached hydrogen (secondary N) is 3. The molecule has 1 amide bonds. The predicted octanol–water partition coefficient (Wildman–Crippen LogP) is -0.292. The molecule has 0 aliphatic rings. The Balaban J connectivity index is 0. The maximum absolute atomic E-state index is 11.5. The highest BCUT2D eigenvalue weighted by Crippen LogP contribution is 1.92. The number of sulfonamides is 1. The molecule has 0 aromatic carbocycles. The summed E-state index contributed by atoms with van der Waals surface area (Å²) in [5, 5.41) is 5.49. The Bertz CT molecular complexity index is 333. The molecule has 1 unspecified atom stereocenters. The third kappa shape index (κ3) is 9.64. The Hall–Kier alpha value is -0.370. The van der Waals surface area contributed by atoms with Crippen molar-refractivity contribution in [1.82, 2.24) is 15.4 Å². The van der Waals surface area contributed by atoms with E-state index in [1.807, 2.05) is 0 Å². The van der Waals surface area contributed by atoms with E-state index >= 15 is 0 Å². The first-order valence-electron chi connectivity index (χ1n) is 5.71. The summed E-state index contributed by atoms with van der Waals surface area (Å²) in [6.07, 6.45) is 0. The van der Waals surface area contributed by atoms with Gasteiger partial charge in [0, 0.05) is 25.0 Å². The van der Waals surface area contributed by atoms with Crippen LogP contribution >= 0.6 is 12.4 Å².